The molecule has 1 spiro atoms. The Hall–Kier alpha value is -6.76. The van der Waals surface area contributed by atoms with E-state index in [1.165, 1.54) is 110 Å². The van der Waals surface area contributed by atoms with Crippen molar-refractivity contribution in [2.45, 2.75) is 5.41 Å². The first-order chi connectivity index (χ1) is 26.3. The summed E-state index contributed by atoms with van der Waals surface area (Å²) in [7, 11) is 0. The highest BCUT2D eigenvalue weighted by molar-refractivity contribution is 6.23. The fourth-order valence-corrected chi connectivity index (χ4v) is 10.2. The van der Waals surface area contributed by atoms with Gasteiger partial charge in [-0.2, -0.15) is 0 Å². The molecular weight excluding hydrogens is 637 g/mol. The van der Waals surface area contributed by atoms with Crippen molar-refractivity contribution in [3.8, 4) is 44.5 Å². The van der Waals surface area contributed by atoms with Crippen molar-refractivity contribution in [3.05, 3.63) is 216 Å². The molecule has 0 nitrogen and oxygen atoms in total. The van der Waals surface area contributed by atoms with Crippen LogP contribution in [0.3, 0.4) is 0 Å². The van der Waals surface area contributed by atoms with Crippen molar-refractivity contribution in [3.63, 3.8) is 0 Å². The molecule has 10 aromatic carbocycles. The first-order valence-corrected chi connectivity index (χ1v) is 18.6. The van der Waals surface area contributed by atoms with Crippen LogP contribution in [0.5, 0.6) is 0 Å². The van der Waals surface area contributed by atoms with Crippen LogP contribution < -0.4 is 0 Å². The molecule has 0 aliphatic heterocycles. The summed E-state index contributed by atoms with van der Waals surface area (Å²) in [6, 6.07) is 72.8. The third kappa shape index (κ3) is 3.70. The zero-order chi connectivity index (χ0) is 34.7. The largest absolute Gasteiger partial charge is 0.0725 e. The molecule has 53 heavy (non-hydrogen) atoms. The maximum Gasteiger partial charge on any atom is 0.0725 e. The van der Waals surface area contributed by atoms with Crippen LogP contribution >= 0.6 is 0 Å². The van der Waals surface area contributed by atoms with Gasteiger partial charge in [0.05, 0.1) is 5.41 Å². The second-order valence-electron chi connectivity index (χ2n) is 14.7. The molecule has 0 bridgehead atoms. The third-order valence-corrected chi connectivity index (χ3v) is 12.3. The van der Waals surface area contributed by atoms with Crippen LogP contribution in [0.2, 0.25) is 0 Å². The normalized spacial score (nSPS) is 13.4. The average molecular weight is 669 g/mol. The maximum atomic E-state index is 2.55. The molecule has 2 aliphatic rings. The Morgan fingerprint density at radius 3 is 1.40 bits per heavy atom. The molecule has 0 unspecified atom stereocenters. The van der Waals surface area contributed by atoms with Gasteiger partial charge in [-0.25, -0.2) is 0 Å². The lowest BCUT2D eigenvalue weighted by Crippen LogP contribution is -2.25. The van der Waals surface area contributed by atoms with Gasteiger partial charge in [-0.05, 0) is 116 Å². The van der Waals surface area contributed by atoms with Crippen LogP contribution in [0.25, 0.3) is 87.6 Å². The topological polar surface area (TPSA) is 0 Å². The van der Waals surface area contributed by atoms with E-state index >= 15 is 0 Å². The van der Waals surface area contributed by atoms with Gasteiger partial charge in [0.2, 0.25) is 0 Å². The Bertz CT molecular complexity index is 3070. The highest BCUT2D eigenvalue weighted by Gasteiger charge is 2.52. The summed E-state index contributed by atoms with van der Waals surface area (Å²) in [5.41, 5.74) is 15.5. The molecule has 0 N–H and O–H groups in total. The van der Waals surface area contributed by atoms with E-state index in [0.29, 0.717) is 0 Å². The van der Waals surface area contributed by atoms with E-state index in [4.69, 9.17) is 0 Å². The number of hydrogen-bond donors (Lipinski definition) is 0. The fourth-order valence-electron chi connectivity index (χ4n) is 10.2. The lowest BCUT2D eigenvalue weighted by Gasteiger charge is -2.31. The highest BCUT2D eigenvalue weighted by atomic mass is 14.5. The van der Waals surface area contributed by atoms with Gasteiger partial charge < -0.3 is 0 Å². The van der Waals surface area contributed by atoms with Crippen LogP contribution in [-0.2, 0) is 5.41 Å². The van der Waals surface area contributed by atoms with Crippen molar-refractivity contribution >= 4 is 43.1 Å². The molecule has 0 radical (unpaired) electrons. The van der Waals surface area contributed by atoms with Crippen molar-refractivity contribution in [1.82, 2.24) is 0 Å². The minimum absolute atomic E-state index is 0.424. The molecule has 12 rings (SSSR count). The molecule has 0 atom stereocenters. The summed E-state index contributed by atoms with van der Waals surface area (Å²) in [6.45, 7) is 0. The van der Waals surface area contributed by atoms with E-state index in [9.17, 15) is 0 Å². The zero-order valence-corrected chi connectivity index (χ0v) is 29.0. The van der Waals surface area contributed by atoms with Crippen molar-refractivity contribution < 1.29 is 0 Å². The van der Waals surface area contributed by atoms with Crippen LogP contribution in [0, 0.1) is 0 Å². The first-order valence-electron chi connectivity index (χ1n) is 18.6. The van der Waals surface area contributed by atoms with Gasteiger partial charge in [-0.15, -0.1) is 0 Å². The summed E-state index contributed by atoms with van der Waals surface area (Å²) >= 11 is 0. The summed E-state index contributed by atoms with van der Waals surface area (Å²) in [4.78, 5) is 0. The maximum absolute atomic E-state index is 2.55. The van der Waals surface area contributed by atoms with E-state index in [-0.39, 0.29) is 0 Å². The minimum Gasteiger partial charge on any atom is -0.0619 e. The van der Waals surface area contributed by atoms with Crippen molar-refractivity contribution in [2.24, 2.45) is 0 Å². The Balaban J connectivity index is 1.22. The van der Waals surface area contributed by atoms with Gasteiger partial charge in [-0.3, -0.25) is 0 Å². The third-order valence-electron chi connectivity index (χ3n) is 12.3. The standard InChI is InChI=1S/C53H32/c1-3-17-36-33(14-1)16-13-25-40(36)51-43-23-7-5-21-41(43)50(42-22-6-8-24-44(42)51)35-28-30-45-49(32-35)53(48-31-29-34-15-2-4-18-37(34)52(45)48)46-26-11-9-19-38(46)39-20-10-12-27-47(39)53/h1-32H. The van der Waals surface area contributed by atoms with Crippen LogP contribution in [-0.4, -0.2) is 0 Å². The molecule has 0 saturated carbocycles. The lowest BCUT2D eigenvalue weighted by molar-refractivity contribution is 0.795. The van der Waals surface area contributed by atoms with Gasteiger partial charge >= 0.3 is 0 Å². The minimum atomic E-state index is -0.424. The van der Waals surface area contributed by atoms with Gasteiger partial charge in [0.25, 0.3) is 0 Å². The second-order valence-corrected chi connectivity index (χ2v) is 14.7. The first kappa shape index (κ1) is 28.9. The average Bonchev–Trinajstić information content (AvgIpc) is 3.70. The molecule has 0 amide bonds. The number of fused-ring (bicyclic) bond motifs is 15. The van der Waals surface area contributed by atoms with E-state index in [1.807, 2.05) is 0 Å². The molecule has 0 heteroatoms. The van der Waals surface area contributed by atoms with Crippen LogP contribution in [0.15, 0.2) is 194 Å². The van der Waals surface area contributed by atoms with Gasteiger partial charge in [-0.1, -0.05) is 188 Å². The quantitative estimate of drug-likeness (QED) is 0.161. The van der Waals surface area contributed by atoms with E-state index < -0.39 is 5.41 Å². The summed E-state index contributed by atoms with van der Waals surface area (Å²) in [5.74, 6) is 0. The summed E-state index contributed by atoms with van der Waals surface area (Å²) in [6.07, 6.45) is 0. The zero-order valence-electron chi connectivity index (χ0n) is 29.0. The smallest absolute Gasteiger partial charge is 0.0619 e. The highest BCUT2D eigenvalue weighted by Crippen LogP contribution is 2.64. The van der Waals surface area contributed by atoms with Crippen molar-refractivity contribution in [1.29, 1.82) is 0 Å². The Labute approximate surface area is 308 Å². The predicted molar refractivity (Wildman–Crippen MR) is 224 cm³/mol. The van der Waals surface area contributed by atoms with Gasteiger partial charge in [0.15, 0.2) is 0 Å². The van der Waals surface area contributed by atoms with E-state index in [1.54, 1.807) is 0 Å². The van der Waals surface area contributed by atoms with E-state index in [2.05, 4.69) is 194 Å². The van der Waals surface area contributed by atoms with Crippen LogP contribution in [0.4, 0.5) is 0 Å². The monoisotopic (exact) mass is 668 g/mol. The van der Waals surface area contributed by atoms with E-state index in [0.717, 1.165) is 0 Å². The predicted octanol–water partition coefficient (Wildman–Crippen LogP) is 14.0. The summed E-state index contributed by atoms with van der Waals surface area (Å²) < 4.78 is 0. The Morgan fingerprint density at radius 1 is 0.245 bits per heavy atom. The molecule has 244 valence electrons. The summed E-state index contributed by atoms with van der Waals surface area (Å²) in [5, 5.41) is 10.2. The molecule has 0 heterocycles. The second kappa shape index (κ2) is 10.6. The van der Waals surface area contributed by atoms with Crippen molar-refractivity contribution in [2.75, 3.05) is 0 Å². The molecule has 0 saturated heterocycles. The van der Waals surface area contributed by atoms with Gasteiger partial charge in [0.1, 0.15) is 0 Å². The SMILES string of the molecule is c1ccc2c(c1)-c1ccccc1C21c2cc(-c3c4ccccc4c(-c4cccc5ccccc45)c4ccccc34)ccc2-c2c1ccc1ccccc21. The molecule has 0 fully saturated rings. The fraction of sp³-hybridized carbons (Fsp3) is 0.0189. The number of benzene rings is 10. The molecule has 0 aromatic heterocycles. The molecule has 10 aromatic rings. The molecular formula is C53H32. The molecule has 2 aliphatic carbocycles. The van der Waals surface area contributed by atoms with Gasteiger partial charge in [0, 0.05) is 0 Å². The number of rotatable bonds is 2. The van der Waals surface area contributed by atoms with Crippen LogP contribution in [0.1, 0.15) is 22.3 Å². The Morgan fingerprint density at radius 2 is 0.736 bits per heavy atom. The lowest BCUT2D eigenvalue weighted by atomic mass is 9.70. The Kier molecular flexibility index (Phi) is 5.80. The number of hydrogen-bond acceptors (Lipinski definition) is 0.